The Morgan fingerprint density at radius 2 is 1.88 bits per heavy atom. The highest BCUT2D eigenvalue weighted by Gasteiger charge is 2.09. The molecule has 0 aliphatic rings. The van der Waals surface area contributed by atoms with Crippen LogP contribution in [-0.4, -0.2) is 23.0 Å². The van der Waals surface area contributed by atoms with Gasteiger partial charge >= 0.3 is 5.97 Å². The predicted octanol–water partition coefficient (Wildman–Crippen LogP) is 3.15. The minimum Gasteiger partial charge on any atom is -0.460 e. The molecule has 0 spiro atoms. The largest absolute Gasteiger partial charge is 0.460 e. The summed E-state index contributed by atoms with van der Waals surface area (Å²) in [4.78, 5) is 23.8. The number of hydrogen-bond acceptors (Lipinski definition) is 3. The maximum Gasteiger partial charge on any atom is 0.325 e. The lowest BCUT2D eigenvalue weighted by atomic mass is 10.2. The molecule has 0 radical (unpaired) electrons. The molecule has 1 heterocycles. The number of nitrogens with zero attached hydrogens (tertiary/aromatic N) is 1. The summed E-state index contributed by atoms with van der Waals surface area (Å²) in [5.74, 6) is -0.744. The Bertz CT molecular complexity index is 890. The van der Waals surface area contributed by atoms with E-state index < -0.39 is 5.97 Å². The molecule has 0 saturated heterocycles. The third kappa shape index (κ3) is 4.61. The minimum absolute atomic E-state index is 0.107. The van der Waals surface area contributed by atoms with Crippen LogP contribution in [0, 0.1) is 0 Å². The van der Waals surface area contributed by atoms with Crippen molar-refractivity contribution >= 4 is 34.4 Å². The number of aromatic nitrogens is 1. The van der Waals surface area contributed by atoms with Gasteiger partial charge in [-0.1, -0.05) is 48.0 Å². The zero-order valence-corrected chi connectivity index (χ0v) is 14.2. The fourth-order valence-corrected chi connectivity index (χ4v) is 2.63. The Labute approximate surface area is 150 Å². The second-order valence-corrected chi connectivity index (χ2v) is 6.01. The first kappa shape index (κ1) is 17.0. The van der Waals surface area contributed by atoms with Crippen LogP contribution in [0.15, 0.2) is 60.8 Å². The summed E-state index contributed by atoms with van der Waals surface area (Å²) in [5.41, 5.74) is 1.77. The Hall–Kier alpha value is -2.79. The van der Waals surface area contributed by atoms with Gasteiger partial charge in [-0.2, -0.15) is 0 Å². The zero-order chi connectivity index (χ0) is 17.6. The number of amides is 1. The Morgan fingerprint density at radius 3 is 2.68 bits per heavy atom. The zero-order valence-electron chi connectivity index (χ0n) is 13.4. The molecule has 3 aromatic rings. The summed E-state index contributed by atoms with van der Waals surface area (Å²) in [6, 6.07) is 16.8. The average Bonchev–Trinajstić information content (AvgIpc) is 3.01. The van der Waals surface area contributed by atoms with Crippen molar-refractivity contribution in [3.05, 3.63) is 71.4 Å². The summed E-state index contributed by atoms with van der Waals surface area (Å²) in [6.45, 7) is 0.137. The van der Waals surface area contributed by atoms with Crippen LogP contribution in [0.3, 0.4) is 0 Å². The monoisotopic (exact) mass is 356 g/mol. The molecule has 1 amide bonds. The predicted molar refractivity (Wildman–Crippen MR) is 96.2 cm³/mol. The van der Waals surface area contributed by atoms with Gasteiger partial charge in [0.05, 0.1) is 0 Å². The quantitative estimate of drug-likeness (QED) is 0.690. The Morgan fingerprint density at radius 1 is 1.08 bits per heavy atom. The van der Waals surface area contributed by atoms with Gasteiger partial charge in [-0.3, -0.25) is 9.59 Å². The molecular formula is C19H17ClN2O3. The number of fused-ring (bicyclic) bond motifs is 1. The van der Waals surface area contributed by atoms with Gasteiger partial charge in [0.2, 0.25) is 5.91 Å². The summed E-state index contributed by atoms with van der Waals surface area (Å²) in [6.07, 6.45) is 1.81. The highest BCUT2D eigenvalue weighted by molar-refractivity contribution is 6.31. The molecule has 0 saturated carbocycles. The van der Waals surface area contributed by atoms with Crippen LogP contribution in [-0.2, 0) is 27.5 Å². The molecule has 0 aliphatic carbocycles. The summed E-state index contributed by atoms with van der Waals surface area (Å²) < 4.78 is 6.91. The molecule has 1 aromatic heterocycles. The van der Waals surface area contributed by atoms with Crippen LogP contribution in [0.1, 0.15) is 5.56 Å². The minimum atomic E-state index is -0.474. The van der Waals surface area contributed by atoms with Gasteiger partial charge < -0.3 is 14.6 Å². The molecule has 3 rings (SSSR count). The number of rotatable bonds is 6. The average molecular weight is 357 g/mol. The maximum absolute atomic E-state index is 12.0. The summed E-state index contributed by atoms with van der Waals surface area (Å²) >= 11 is 6.00. The topological polar surface area (TPSA) is 60.3 Å². The first-order chi connectivity index (χ1) is 12.1. The van der Waals surface area contributed by atoms with Crippen molar-refractivity contribution in [2.75, 3.05) is 6.54 Å². The molecule has 0 unspecified atom stereocenters. The number of benzene rings is 2. The van der Waals surface area contributed by atoms with E-state index in [-0.39, 0.29) is 25.6 Å². The van der Waals surface area contributed by atoms with Crippen LogP contribution in [0.25, 0.3) is 10.9 Å². The number of hydrogen-bond donors (Lipinski definition) is 1. The number of ether oxygens (including phenoxy) is 1. The van der Waals surface area contributed by atoms with E-state index in [1.165, 1.54) is 0 Å². The highest BCUT2D eigenvalue weighted by atomic mass is 35.5. The van der Waals surface area contributed by atoms with Gasteiger partial charge in [-0.25, -0.2) is 0 Å². The number of carbonyl (C=O) groups is 2. The smallest absolute Gasteiger partial charge is 0.325 e. The van der Waals surface area contributed by atoms with E-state index >= 15 is 0 Å². The molecule has 1 N–H and O–H groups in total. The Kier molecular flexibility index (Phi) is 5.36. The van der Waals surface area contributed by atoms with Crippen molar-refractivity contribution in [3.8, 4) is 0 Å². The molecular weight excluding hydrogens is 340 g/mol. The molecule has 5 nitrogen and oxygen atoms in total. The van der Waals surface area contributed by atoms with Crippen LogP contribution >= 0.6 is 11.6 Å². The number of nitrogens with one attached hydrogen (secondary N) is 1. The van der Waals surface area contributed by atoms with Gasteiger partial charge in [0.15, 0.2) is 0 Å². The molecule has 6 heteroatoms. The van der Waals surface area contributed by atoms with Crippen molar-refractivity contribution in [2.45, 2.75) is 13.2 Å². The van der Waals surface area contributed by atoms with Crippen LogP contribution < -0.4 is 5.32 Å². The second kappa shape index (κ2) is 7.85. The molecule has 0 fully saturated rings. The van der Waals surface area contributed by atoms with Crippen molar-refractivity contribution in [1.82, 2.24) is 9.88 Å². The SMILES string of the molecule is O=C(Cn1ccc2ccc(Cl)cc21)NCC(=O)OCc1ccccc1. The van der Waals surface area contributed by atoms with E-state index in [1.54, 1.807) is 16.7 Å². The fraction of sp³-hybridized carbons (Fsp3) is 0.158. The number of esters is 1. The van der Waals surface area contributed by atoms with Crippen molar-refractivity contribution in [2.24, 2.45) is 0 Å². The normalized spacial score (nSPS) is 10.6. The number of halogens is 1. The van der Waals surface area contributed by atoms with Crippen molar-refractivity contribution in [3.63, 3.8) is 0 Å². The van der Waals surface area contributed by atoms with Crippen molar-refractivity contribution < 1.29 is 14.3 Å². The van der Waals surface area contributed by atoms with E-state index in [2.05, 4.69) is 5.32 Å². The molecule has 0 bridgehead atoms. The van der Waals surface area contributed by atoms with E-state index in [0.29, 0.717) is 5.02 Å². The molecule has 128 valence electrons. The standard InChI is InChI=1S/C19H17ClN2O3/c20-16-7-6-15-8-9-22(17(15)10-16)12-18(23)21-11-19(24)25-13-14-4-2-1-3-5-14/h1-10H,11-13H2,(H,21,23). The van der Waals surface area contributed by atoms with Crippen LogP contribution in [0.5, 0.6) is 0 Å². The van der Waals surface area contributed by atoms with E-state index in [9.17, 15) is 9.59 Å². The molecule has 2 aromatic carbocycles. The highest BCUT2D eigenvalue weighted by Crippen LogP contribution is 2.20. The van der Waals surface area contributed by atoms with E-state index in [4.69, 9.17) is 16.3 Å². The van der Waals surface area contributed by atoms with E-state index in [0.717, 1.165) is 16.5 Å². The first-order valence-electron chi connectivity index (χ1n) is 7.82. The fourth-order valence-electron chi connectivity index (χ4n) is 2.47. The summed E-state index contributed by atoms with van der Waals surface area (Å²) in [7, 11) is 0. The third-order valence-corrected chi connectivity index (χ3v) is 3.96. The van der Waals surface area contributed by atoms with E-state index in [1.807, 2.05) is 48.7 Å². The molecule has 0 atom stereocenters. The van der Waals surface area contributed by atoms with Gasteiger partial charge in [-0.15, -0.1) is 0 Å². The Balaban J connectivity index is 1.49. The number of carbonyl (C=O) groups excluding carboxylic acids is 2. The lowest BCUT2D eigenvalue weighted by molar-refractivity contribution is -0.145. The maximum atomic E-state index is 12.0. The van der Waals surface area contributed by atoms with Gasteiger partial charge in [0, 0.05) is 16.7 Å². The van der Waals surface area contributed by atoms with Gasteiger partial charge in [-0.05, 0) is 29.1 Å². The molecule has 0 aliphatic heterocycles. The van der Waals surface area contributed by atoms with Gasteiger partial charge in [0.25, 0.3) is 0 Å². The van der Waals surface area contributed by atoms with Gasteiger partial charge in [0.1, 0.15) is 19.7 Å². The molecule has 25 heavy (non-hydrogen) atoms. The lowest BCUT2D eigenvalue weighted by Crippen LogP contribution is -2.33. The van der Waals surface area contributed by atoms with Crippen LogP contribution in [0.2, 0.25) is 5.02 Å². The third-order valence-electron chi connectivity index (χ3n) is 3.72. The lowest BCUT2D eigenvalue weighted by Gasteiger charge is -2.08. The summed E-state index contributed by atoms with van der Waals surface area (Å²) in [5, 5.41) is 4.18. The first-order valence-corrected chi connectivity index (χ1v) is 8.20. The van der Waals surface area contributed by atoms with Crippen molar-refractivity contribution in [1.29, 1.82) is 0 Å². The van der Waals surface area contributed by atoms with Crippen LogP contribution in [0.4, 0.5) is 0 Å². The second-order valence-electron chi connectivity index (χ2n) is 5.57.